The molecule has 0 unspecified atom stereocenters. The van der Waals surface area contributed by atoms with Crippen molar-refractivity contribution in [2.75, 3.05) is 27.9 Å². The van der Waals surface area contributed by atoms with Crippen LogP contribution >= 0.6 is 27.3 Å². The van der Waals surface area contributed by atoms with Crippen LogP contribution in [0.3, 0.4) is 0 Å². The smallest absolute Gasteiger partial charge is 0.338 e. The molecule has 0 bridgehead atoms. The number of hydrogen-bond donors (Lipinski definition) is 0. The van der Waals surface area contributed by atoms with Gasteiger partial charge in [-0.3, -0.25) is 9.36 Å². The molecule has 0 amide bonds. The summed E-state index contributed by atoms with van der Waals surface area (Å²) < 4.78 is 24.9. The number of halogens is 1. The third-order valence-electron chi connectivity index (χ3n) is 6.10. The minimum absolute atomic E-state index is 0.199. The molecular formula is C28H29BrN2O6S. The molecule has 0 N–H and O–H groups in total. The molecule has 0 radical (unpaired) electrons. The Bertz CT molecular complexity index is 1570. The Balaban J connectivity index is 2.06. The number of para-hydroxylation sites is 1. The lowest BCUT2D eigenvalue weighted by molar-refractivity contribution is -0.139. The van der Waals surface area contributed by atoms with E-state index in [1.165, 1.54) is 11.3 Å². The summed E-state index contributed by atoms with van der Waals surface area (Å²) in [5, 5.41) is 0. The molecule has 200 valence electrons. The fourth-order valence-electron chi connectivity index (χ4n) is 4.50. The molecule has 1 atom stereocenters. The maximum Gasteiger partial charge on any atom is 0.338 e. The minimum atomic E-state index is -0.784. The van der Waals surface area contributed by atoms with E-state index in [9.17, 15) is 9.59 Å². The molecule has 2 aromatic carbocycles. The number of esters is 1. The van der Waals surface area contributed by atoms with Crippen molar-refractivity contribution in [1.29, 1.82) is 0 Å². The molecule has 0 aliphatic carbocycles. The number of aromatic nitrogens is 1. The van der Waals surface area contributed by atoms with Crippen molar-refractivity contribution in [2.45, 2.75) is 32.7 Å². The van der Waals surface area contributed by atoms with Gasteiger partial charge >= 0.3 is 5.97 Å². The van der Waals surface area contributed by atoms with E-state index in [4.69, 9.17) is 23.9 Å². The summed E-state index contributed by atoms with van der Waals surface area (Å²) in [5.74, 6) is 1.11. The van der Waals surface area contributed by atoms with Crippen LogP contribution in [0.5, 0.6) is 17.2 Å². The van der Waals surface area contributed by atoms with E-state index in [2.05, 4.69) is 15.9 Å². The lowest BCUT2D eigenvalue weighted by Crippen LogP contribution is -2.40. The largest absolute Gasteiger partial charge is 0.496 e. The number of hydrogen-bond acceptors (Lipinski definition) is 8. The molecule has 2 heterocycles. The van der Waals surface area contributed by atoms with Crippen molar-refractivity contribution >= 4 is 39.3 Å². The van der Waals surface area contributed by atoms with Gasteiger partial charge < -0.3 is 18.9 Å². The number of thiazole rings is 1. The number of methoxy groups -OCH3 is 3. The van der Waals surface area contributed by atoms with Gasteiger partial charge in [-0.2, -0.15) is 0 Å². The second kappa shape index (κ2) is 12.0. The number of benzene rings is 2. The summed E-state index contributed by atoms with van der Waals surface area (Å²) in [7, 11) is 4.68. The van der Waals surface area contributed by atoms with E-state index in [-0.39, 0.29) is 12.2 Å². The summed E-state index contributed by atoms with van der Waals surface area (Å²) in [5.41, 5.74) is 1.99. The van der Waals surface area contributed by atoms with Crippen molar-refractivity contribution in [1.82, 2.24) is 4.57 Å². The van der Waals surface area contributed by atoms with Gasteiger partial charge in [-0.15, -0.1) is 0 Å². The second-order valence-electron chi connectivity index (χ2n) is 8.38. The van der Waals surface area contributed by atoms with Crippen LogP contribution in [0.4, 0.5) is 0 Å². The Hall–Kier alpha value is -3.37. The Morgan fingerprint density at radius 1 is 1.11 bits per heavy atom. The molecule has 1 aromatic heterocycles. The number of ether oxygens (including phenoxy) is 4. The van der Waals surface area contributed by atoms with E-state index in [1.807, 2.05) is 31.2 Å². The van der Waals surface area contributed by atoms with Crippen LogP contribution in [0.1, 0.15) is 43.9 Å². The molecule has 0 saturated carbocycles. The predicted molar refractivity (Wildman–Crippen MR) is 150 cm³/mol. The number of carbonyl (C=O) groups excluding carboxylic acids is 1. The Morgan fingerprint density at radius 2 is 1.87 bits per heavy atom. The maximum atomic E-state index is 14.0. The van der Waals surface area contributed by atoms with Crippen molar-refractivity contribution in [3.05, 3.63) is 83.0 Å². The monoisotopic (exact) mass is 600 g/mol. The zero-order valence-corrected chi connectivity index (χ0v) is 24.3. The standard InChI is InChI=1S/C28H29BrN2O6S/c1-6-9-19-23(27(33)37-7-2)24(18-15-17(29)12-13-20(18)34-3)31-26(32)22(38-28(31)30-19)14-16-10-8-11-21(35-4)25(16)36-5/h8,10-15,24H,6-7,9H2,1-5H3/b22-14+/t24-/m1/s1. The van der Waals surface area contributed by atoms with E-state index in [1.54, 1.807) is 51.0 Å². The lowest BCUT2D eigenvalue weighted by Gasteiger charge is -2.27. The van der Waals surface area contributed by atoms with E-state index in [0.29, 0.717) is 55.4 Å². The zero-order chi connectivity index (χ0) is 27.4. The molecule has 8 nitrogen and oxygen atoms in total. The SMILES string of the molecule is CCCC1=C(C(=O)OCC)[C@@H](c2cc(Br)ccc2OC)n2c(s/c(=C/c3cccc(OC)c3OC)c2=O)=N1. The number of carbonyl (C=O) groups is 1. The number of fused-ring (bicyclic) bond motifs is 1. The topological polar surface area (TPSA) is 88.4 Å². The predicted octanol–water partition coefficient (Wildman–Crippen LogP) is 4.37. The van der Waals surface area contributed by atoms with Gasteiger partial charge in [0.05, 0.1) is 43.7 Å². The Labute approximate surface area is 233 Å². The Kier molecular flexibility index (Phi) is 8.73. The Morgan fingerprint density at radius 3 is 2.53 bits per heavy atom. The third kappa shape index (κ3) is 5.15. The van der Waals surface area contributed by atoms with Gasteiger partial charge in [-0.05, 0) is 43.7 Å². The molecule has 0 saturated heterocycles. The summed E-state index contributed by atoms with van der Waals surface area (Å²) in [4.78, 5) is 32.7. The van der Waals surface area contributed by atoms with Gasteiger partial charge in [0.15, 0.2) is 16.3 Å². The van der Waals surface area contributed by atoms with E-state index < -0.39 is 12.0 Å². The third-order valence-corrected chi connectivity index (χ3v) is 7.57. The minimum Gasteiger partial charge on any atom is -0.496 e. The second-order valence-corrected chi connectivity index (χ2v) is 10.3. The summed E-state index contributed by atoms with van der Waals surface area (Å²) >= 11 is 4.79. The highest BCUT2D eigenvalue weighted by atomic mass is 79.9. The highest BCUT2D eigenvalue weighted by Crippen LogP contribution is 2.38. The van der Waals surface area contributed by atoms with Crippen LogP contribution in [0, 0.1) is 0 Å². The molecule has 0 fully saturated rings. The highest BCUT2D eigenvalue weighted by molar-refractivity contribution is 9.10. The van der Waals surface area contributed by atoms with Crippen LogP contribution < -0.4 is 29.1 Å². The normalized spacial score (nSPS) is 15.1. The molecule has 38 heavy (non-hydrogen) atoms. The molecule has 1 aliphatic rings. The van der Waals surface area contributed by atoms with Gasteiger partial charge in [0.2, 0.25) is 0 Å². The van der Waals surface area contributed by atoms with Crippen molar-refractivity contribution < 1.29 is 23.7 Å². The lowest BCUT2D eigenvalue weighted by atomic mass is 9.93. The highest BCUT2D eigenvalue weighted by Gasteiger charge is 2.36. The summed E-state index contributed by atoms with van der Waals surface area (Å²) in [6.45, 7) is 3.97. The molecule has 10 heteroatoms. The first-order valence-electron chi connectivity index (χ1n) is 12.1. The summed E-state index contributed by atoms with van der Waals surface area (Å²) in [6, 6.07) is 10.2. The van der Waals surface area contributed by atoms with Crippen molar-refractivity contribution in [3.63, 3.8) is 0 Å². The van der Waals surface area contributed by atoms with Crippen LogP contribution in [0.2, 0.25) is 0 Å². The number of nitrogens with zero attached hydrogens (tertiary/aromatic N) is 2. The molecule has 1 aliphatic heterocycles. The molecule has 0 spiro atoms. The number of rotatable bonds is 9. The molecule has 3 aromatic rings. The van der Waals surface area contributed by atoms with Gasteiger partial charge in [-0.25, -0.2) is 9.79 Å². The van der Waals surface area contributed by atoms with Gasteiger partial charge in [0.25, 0.3) is 5.56 Å². The van der Waals surface area contributed by atoms with E-state index >= 15 is 0 Å². The number of allylic oxidation sites excluding steroid dienone is 1. The van der Waals surface area contributed by atoms with Crippen LogP contribution in [0.25, 0.3) is 6.08 Å². The fourth-order valence-corrected chi connectivity index (χ4v) is 5.89. The quantitative estimate of drug-likeness (QED) is 0.339. The van der Waals surface area contributed by atoms with Gasteiger partial charge in [0.1, 0.15) is 11.8 Å². The van der Waals surface area contributed by atoms with E-state index in [0.717, 1.165) is 10.9 Å². The first-order chi connectivity index (χ1) is 18.4. The van der Waals surface area contributed by atoms with Crippen molar-refractivity contribution in [3.8, 4) is 17.2 Å². The fraction of sp³-hybridized carbons (Fsp3) is 0.321. The molecular weight excluding hydrogens is 572 g/mol. The van der Waals surface area contributed by atoms with Crippen LogP contribution in [-0.2, 0) is 9.53 Å². The van der Waals surface area contributed by atoms with Crippen LogP contribution in [0.15, 0.2) is 61.9 Å². The average molecular weight is 602 g/mol. The average Bonchev–Trinajstić information content (AvgIpc) is 3.22. The van der Waals surface area contributed by atoms with Gasteiger partial charge in [-0.1, -0.05) is 52.7 Å². The van der Waals surface area contributed by atoms with Crippen LogP contribution in [-0.4, -0.2) is 38.5 Å². The summed E-state index contributed by atoms with van der Waals surface area (Å²) in [6.07, 6.45) is 3.07. The zero-order valence-electron chi connectivity index (χ0n) is 21.9. The van der Waals surface area contributed by atoms with Gasteiger partial charge in [0, 0.05) is 15.6 Å². The maximum absolute atomic E-state index is 14.0. The molecule has 4 rings (SSSR count). The first kappa shape index (κ1) is 27.7. The first-order valence-corrected chi connectivity index (χ1v) is 13.8. The van der Waals surface area contributed by atoms with Crippen molar-refractivity contribution in [2.24, 2.45) is 4.99 Å².